The van der Waals surface area contributed by atoms with Crippen molar-refractivity contribution in [1.29, 1.82) is 0 Å². The van der Waals surface area contributed by atoms with Gasteiger partial charge < -0.3 is 4.42 Å². The van der Waals surface area contributed by atoms with Crippen LogP contribution in [0.5, 0.6) is 0 Å². The molecule has 4 aliphatic rings. The minimum absolute atomic E-state index is 0.0327. The molecule has 0 N–H and O–H groups in total. The van der Waals surface area contributed by atoms with Gasteiger partial charge in [-0.1, -0.05) is 148 Å². The molecule has 1 atom stereocenters. The van der Waals surface area contributed by atoms with E-state index in [1.165, 1.54) is 82.2 Å². The minimum atomic E-state index is -0.0803. The van der Waals surface area contributed by atoms with Gasteiger partial charge in [0.15, 0.2) is 5.84 Å². The molecule has 2 heterocycles. The molecule has 8 aromatic rings. The molecule has 58 heavy (non-hydrogen) atoms. The van der Waals surface area contributed by atoms with Gasteiger partial charge in [0.25, 0.3) is 0 Å². The van der Waals surface area contributed by atoms with Crippen molar-refractivity contribution in [3.05, 3.63) is 191 Å². The molecule has 3 aliphatic carbocycles. The van der Waals surface area contributed by atoms with Crippen molar-refractivity contribution in [2.24, 2.45) is 9.98 Å². The monoisotopic (exact) mass is 748 g/mol. The Hall–Kier alpha value is -6.32. The molecule has 0 bridgehead atoms. The SMILES string of the molecule is CC1(C)c2ccc(-c3ccc4oc5c(C6=NC(c7ccccc7)=NC(c7ccccc7)C6)cccc5c4c3)cc2-c2cc3c(cc21)-c1ccccc1C31CCCCC1. The Labute approximate surface area is 339 Å². The summed E-state index contributed by atoms with van der Waals surface area (Å²) in [5.41, 5.74) is 20.2. The highest BCUT2D eigenvalue weighted by Crippen LogP contribution is 2.60. The number of hydrogen-bond donors (Lipinski definition) is 0. The average molecular weight is 749 g/mol. The van der Waals surface area contributed by atoms with Crippen LogP contribution >= 0.6 is 0 Å². The Bertz CT molecular complexity index is 3030. The molecule has 3 heteroatoms. The molecular formula is C55H44N2O. The van der Waals surface area contributed by atoms with E-state index in [2.05, 4.69) is 159 Å². The Kier molecular flexibility index (Phi) is 7.33. The first kappa shape index (κ1) is 33.8. The third-order valence-corrected chi connectivity index (χ3v) is 14.0. The van der Waals surface area contributed by atoms with Crippen LogP contribution in [0.25, 0.3) is 55.3 Å². The number of rotatable bonds is 4. The molecule has 0 saturated heterocycles. The maximum Gasteiger partial charge on any atom is 0.155 e. The van der Waals surface area contributed by atoms with E-state index in [1.54, 1.807) is 11.1 Å². The number of hydrogen-bond acceptors (Lipinski definition) is 3. The molecule has 0 amide bonds. The van der Waals surface area contributed by atoms with E-state index in [4.69, 9.17) is 14.4 Å². The summed E-state index contributed by atoms with van der Waals surface area (Å²) >= 11 is 0. The molecule has 280 valence electrons. The highest BCUT2D eigenvalue weighted by Gasteiger charge is 2.46. The number of fused-ring (bicyclic) bond motifs is 11. The van der Waals surface area contributed by atoms with Gasteiger partial charge in [0.05, 0.1) is 11.8 Å². The molecule has 3 nitrogen and oxygen atoms in total. The summed E-state index contributed by atoms with van der Waals surface area (Å²) in [7, 11) is 0. The van der Waals surface area contributed by atoms with E-state index >= 15 is 0 Å². The fourth-order valence-electron chi connectivity index (χ4n) is 11.1. The number of furan rings is 1. The second-order valence-electron chi connectivity index (χ2n) is 17.5. The molecule has 12 rings (SSSR count). The first-order valence-corrected chi connectivity index (χ1v) is 21.1. The van der Waals surface area contributed by atoms with Crippen LogP contribution in [0.3, 0.4) is 0 Å². The maximum atomic E-state index is 6.76. The van der Waals surface area contributed by atoms with E-state index in [0.717, 1.165) is 44.6 Å². The summed E-state index contributed by atoms with van der Waals surface area (Å²) in [5.74, 6) is 0.760. The third-order valence-electron chi connectivity index (χ3n) is 14.0. The molecule has 7 aromatic carbocycles. The van der Waals surface area contributed by atoms with Crippen molar-refractivity contribution in [2.75, 3.05) is 0 Å². The Balaban J connectivity index is 0.957. The van der Waals surface area contributed by atoms with E-state index < -0.39 is 0 Å². The zero-order valence-corrected chi connectivity index (χ0v) is 33.1. The van der Waals surface area contributed by atoms with Gasteiger partial charge in [-0.2, -0.15) is 0 Å². The topological polar surface area (TPSA) is 37.9 Å². The lowest BCUT2D eigenvalue weighted by molar-refractivity contribution is 0.353. The van der Waals surface area contributed by atoms with Crippen LogP contribution < -0.4 is 0 Å². The number of nitrogens with zero attached hydrogens (tertiary/aromatic N) is 2. The number of aliphatic imine (C=N–C) groups is 2. The fourth-order valence-corrected chi connectivity index (χ4v) is 11.1. The number of amidine groups is 1. The standard InChI is InChI=1S/C55H44N2O/c1-54(2)45-25-23-36(29-41(45)43-32-48-42(31-47(43)54)38-19-10-11-22-46(38)55(48)27-12-5-13-28-55)37-24-26-51-44(30-37)39-20-14-21-40(52(39)58-51)50-33-49(34-15-6-3-7-16-34)56-53(57-50)35-17-8-4-9-18-35/h3-4,6-11,14-26,29-32,49H,5,12-13,27-28,33H2,1-2H3. The molecule has 1 saturated carbocycles. The summed E-state index contributed by atoms with van der Waals surface area (Å²) < 4.78 is 6.76. The molecule has 1 spiro atoms. The van der Waals surface area contributed by atoms with Crippen molar-refractivity contribution in [1.82, 2.24) is 0 Å². The van der Waals surface area contributed by atoms with E-state index in [-0.39, 0.29) is 16.9 Å². The van der Waals surface area contributed by atoms with Crippen LogP contribution in [-0.2, 0) is 10.8 Å². The zero-order valence-electron chi connectivity index (χ0n) is 33.1. The average Bonchev–Trinajstić information content (AvgIpc) is 3.86. The Morgan fingerprint density at radius 3 is 2.05 bits per heavy atom. The van der Waals surface area contributed by atoms with Gasteiger partial charge in [0, 0.05) is 39.2 Å². The first-order valence-electron chi connectivity index (χ1n) is 21.1. The summed E-state index contributed by atoms with van der Waals surface area (Å²) in [5, 5.41) is 2.23. The van der Waals surface area contributed by atoms with Crippen LogP contribution in [0, 0.1) is 0 Å². The molecule has 1 unspecified atom stereocenters. The predicted octanol–water partition coefficient (Wildman–Crippen LogP) is 14.2. The summed E-state index contributed by atoms with van der Waals surface area (Å²) in [6.45, 7) is 4.82. The predicted molar refractivity (Wildman–Crippen MR) is 239 cm³/mol. The molecule has 1 fully saturated rings. The quantitative estimate of drug-likeness (QED) is 0.177. The molecule has 1 aliphatic heterocycles. The smallest absolute Gasteiger partial charge is 0.155 e. The van der Waals surface area contributed by atoms with E-state index in [9.17, 15) is 0 Å². The number of para-hydroxylation sites is 1. The fraction of sp³-hybridized carbons (Fsp3) is 0.200. The highest BCUT2D eigenvalue weighted by atomic mass is 16.3. The van der Waals surface area contributed by atoms with E-state index in [1.807, 2.05) is 6.07 Å². The van der Waals surface area contributed by atoms with Crippen LogP contribution in [0.1, 0.15) is 97.4 Å². The van der Waals surface area contributed by atoms with Crippen molar-refractivity contribution >= 4 is 33.5 Å². The Morgan fingerprint density at radius 2 is 1.21 bits per heavy atom. The minimum Gasteiger partial charge on any atom is -0.455 e. The number of benzene rings is 7. The third kappa shape index (κ3) is 4.92. The second kappa shape index (κ2) is 12.6. The van der Waals surface area contributed by atoms with Gasteiger partial charge in [-0.15, -0.1) is 0 Å². The lowest BCUT2D eigenvalue weighted by Crippen LogP contribution is -2.28. The van der Waals surface area contributed by atoms with Crippen LogP contribution in [0.2, 0.25) is 0 Å². The highest BCUT2D eigenvalue weighted by molar-refractivity contribution is 6.20. The van der Waals surface area contributed by atoms with Crippen LogP contribution in [0.4, 0.5) is 0 Å². The van der Waals surface area contributed by atoms with Crippen molar-refractivity contribution in [2.45, 2.75) is 69.2 Å². The molecular weight excluding hydrogens is 705 g/mol. The molecule has 0 radical (unpaired) electrons. The van der Waals surface area contributed by atoms with Crippen molar-refractivity contribution in [3.63, 3.8) is 0 Å². The largest absolute Gasteiger partial charge is 0.455 e. The zero-order chi connectivity index (χ0) is 38.6. The maximum absolute atomic E-state index is 6.76. The van der Waals surface area contributed by atoms with Gasteiger partial charge in [-0.3, -0.25) is 4.99 Å². The first-order chi connectivity index (χ1) is 28.5. The van der Waals surface area contributed by atoms with E-state index in [0.29, 0.717) is 6.42 Å². The van der Waals surface area contributed by atoms with Crippen molar-refractivity contribution in [3.8, 4) is 33.4 Å². The van der Waals surface area contributed by atoms with Gasteiger partial charge in [-0.05, 0) is 110 Å². The van der Waals surface area contributed by atoms with Crippen LogP contribution in [-0.4, -0.2) is 11.5 Å². The van der Waals surface area contributed by atoms with Crippen LogP contribution in [0.15, 0.2) is 166 Å². The normalized spacial score (nSPS) is 18.4. The summed E-state index contributed by atoms with van der Waals surface area (Å²) in [6, 6.07) is 55.7. The summed E-state index contributed by atoms with van der Waals surface area (Å²) in [4.78, 5) is 10.4. The van der Waals surface area contributed by atoms with Gasteiger partial charge in [0.1, 0.15) is 11.2 Å². The van der Waals surface area contributed by atoms with Crippen molar-refractivity contribution < 1.29 is 4.42 Å². The lowest BCUT2D eigenvalue weighted by Gasteiger charge is -2.36. The van der Waals surface area contributed by atoms with Gasteiger partial charge in [0.2, 0.25) is 0 Å². The van der Waals surface area contributed by atoms with Gasteiger partial charge >= 0.3 is 0 Å². The second-order valence-corrected chi connectivity index (χ2v) is 17.5. The molecule has 1 aromatic heterocycles. The Morgan fingerprint density at radius 1 is 0.517 bits per heavy atom. The lowest BCUT2D eigenvalue weighted by atomic mass is 9.67. The van der Waals surface area contributed by atoms with Gasteiger partial charge in [-0.25, -0.2) is 4.99 Å². The summed E-state index contributed by atoms with van der Waals surface area (Å²) in [6.07, 6.45) is 7.13.